The molecule has 0 saturated carbocycles. The van der Waals surface area contributed by atoms with E-state index in [9.17, 15) is 9.90 Å². The van der Waals surface area contributed by atoms with Gasteiger partial charge in [0.25, 0.3) is 0 Å². The number of aryl methyl sites for hydroxylation is 1. The number of thioether (sulfide) groups is 1. The van der Waals surface area contributed by atoms with Crippen LogP contribution in [0.2, 0.25) is 0 Å². The lowest BCUT2D eigenvalue weighted by Crippen LogP contribution is -2.23. The number of aromatic nitrogens is 4. The predicted octanol–water partition coefficient (Wildman–Crippen LogP) is 2.70. The molecule has 2 aromatic heterocycles. The lowest BCUT2D eigenvalue weighted by molar-refractivity contribution is -0.297. The van der Waals surface area contributed by atoms with Gasteiger partial charge in [0, 0.05) is 40.0 Å². The van der Waals surface area contributed by atoms with Gasteiger partial charge in [-0.2, -0.15) is 0 Å². The predicted molar refractivity (Wildman–Crippen MR) is 101 cm³/mol. The first-order chi connectivity index (χ1) is 12.5. The number of carboxylic acids is 1. The number of aromatic amines is 1. The van der Waals surface area contributed by atoms with Crippen molar-refractivity contribution in [2.75, 3.05) is 0 Å². The summed E-state index contributed by atoms with van der Waals surface area (Å²) in [5.74, 6) is -0.540. The SMILES string of the molecule is C=CCn1c(C)c(/C=C(\Sc2n[nH]c(CC)n2)C(=O)[O-])c2ccccc21. The van der Waals surface area contributed by atoms with Gasteiger partial charge < -0.3 is 14.5 Å². The van der Waals surface area contributed by atoms with E-state index in [-0.39, 0.29) is 4.91 Å². The molecule has 0 radical (unpaired) electrons. The van der Waals surface area contributed by atoms with Gasteiger partial charge >= 0.3 is 0 Å². The number of para-hydroxylation sites is 1. The van der Waals surface area contributed by atoms with E-state index >= 15 is 0 Å². The van der Waals surface area contributed by atoms with Crippen molar-refractivity contribution in [1.29, 1.82) is 0 Å². The topological polar surface area (TPSA) is 86.6 Å². The number of nitrogens with one attached hydrogen (secondary N) is 1. The van der Waals surface area contributed by atoms with Crippen molar-refractivity contribution < 1.29 is 9.90 Å². The van der Waals surface area contributed by atoms with Crippen LogP contribution in [0.5, 0.6) is 0 Å². The van der Waals surface area contributed by atoms with Crippen molar-refractivity contribution >= 4 is 34.7 Å². The summed E-state index contributed by atoms with van der Waals surface area (Å²) in [6, 6.07) is 7.89. The van der Waals surface area contributed by atoms with E-state index in [0.29, 0.717) is 23.9 Å². The third kappa shape index (κ3) is 3.43. The number of carbonyl (C=O) groups is 1. The second-order valence-corrected chi connectivity index (χ2v) is 6.74. The minimum absolute atomic E-state index is 0.0660. The summed E-state index contributed by atoms with van der Waals surface area (Å²) < 4.78 is 2.10. The van der Waals surface area contributed by atoms with Crippen LogP contribution in [0, 0.1) is 6.92 Å². The van der Waals surface area contributed by atoms with Crippen molar-refractivity contribution in [1.82, 2.24) is 19.7 Å². The van der Waals surface area contributed by atoms with Crippen molar-refractivity contribution in [3.63, 3.8) is 0 Å². The Balaban J connectivity index is 2.09. The van der Waals surface area contributed by atoms with Gasteiger partial charge in [0.15, 0.2) is 0 Å². The Morgan fingerprint density at radius 2 is 2.19 bits per heavy atom. The van der Waals surface area contributed by atoms with Crippen LogP contribution in [-0.4, -0.2) is 25.7 Å². The Kier molecular flexibility index (Phi) is 5.27. The van der Waals surface area contributed by atoms with E-state index in [2.05, 4.69) is 26.3 Å². The smallest absolute Gasteiger partial charge is 0.213 e. The van der Waals surface area contributed by atoms with E-state index < -0.39 is 5.97 Å². The average molecular weight is 367 g/mol. The van der Waals surface area contributed by atoms with E-state index in [4.69, 9.17) is 0 Å². The van der Waals surface area contributed by atoms with Crippen molar-refractivity contribution in [2.45, 2.75) is 32.0 Å². The van der Waals surface area contributed by atoms with Gasteiger partial charge in [0.2, 0.25) is 5.16 Å². The van der Waals surface area contributed by atoms with Gasteiger partial charge in [0.05, 0.1) is 5.97 Å². The lowest BCUT2D eigenvalue weighted by Gasteiger charge is -2.07. The van der Waals surface area contributed by atoms with Gasteiger partial charge in [-0.25, -0.2) is 4.98 Å². The minimum atomic E-state index is -1.25. The Morgan fingerprint density at radius 3 is 2.85 bits per heavy atom. The molecule has 2 heterocycles. The molecule has 0 aliphatic rings. The number of hydrogen-bond acceptors (Lipinski definition) is 5. The molecule has 7 heteroatoms. The number of allylic oxidation sites excluding steroid dienone is 1. The monoisotopic (exact) mass is 367 g/mol. The maximum atomic E-state index is 11.7. The van der Waals surface area contributed by atoms with E-state index in [1.54, 1.807) is 6.08 Å². The van der Waals surface area contributed by atoms with Crippen molar-refractivity contribution in [3.05, 3.63) is 58.9 Å². The third-order valence-corrected chi connectivity index (χ3v) is 4.98. The summed E-state index contributed by atoms with van der Waals surface area (Å²) in [5.41, 5.74) is 2.85. The van der Waals surface area contributed by atoms with Crippen LogP contribution >= 0.6 is 11.8 Å². The first-order valence-corrected chi connectivity index (χ1v) is 9.07. The number of H-pyrrole nitrogens is 1. The molecule has 134 valence electrons. The van der Waals surface area contributed by atoms with Crippen LogP contribution in [0.4, 0.5) is 0 Å². The number of rotatable bonds is 7. The molecular formula is C19H19N4O2S-. The Morgan fingerprint density at radius 1 is 1.42 bits per heavy atom. The van der Waals surface area contributed by atoms with Gasteiger partial charge in [0.1, 0.15) is 5.82 Å². The molecule has 0 fully saturated rings. The van der Waals surface area contributed by atoms with Crippen molar-refractivity contribution in [2.24, 2.45) is 0 Å². The summed E-state index contributed by atoms with van der Waals surface area (Å²) in [4.78, 5) is 16.0. The van der Waals surface area contributed by atoms with Crippen LogP contribution in [0.15, 0.2) is 47.0 Å². The number of aliphatic carboxylic acids is 1. The Bertz CT molecular complexity index is 1000. The number of carboxylic acid groups (broad SMARTS) is 1. The highest BCUT2D eigenvalue weighted by Crippen LogP contribution is 2.31. The molecule has 0 spiro atoms. The molecular weight excluding hydrogens is 348 g/mol. The molecule has 1 N–H and O–H groups in total. The average Bonchev–Trinajstić information content (AvgIpc) is 3.19. The van der Waals surface area contributed by atoms with Crippen LogP contribution < -0.4 is 5.11 Å². The number of hydrogen-bond donors (Lipinski definition) is 1. The fraction of sp³-hybridized carbons (Fsp3) is 0.211. The first kappa shape index (κ1) is 18.0. The quantitative estimate of drug-likeness (QED) is 0.394. The fourth-order valence-corrected chi connectivity index (χ4v) is 3.55. The molecule has 1 aromatic carbocycles. The maximum absolute atomic E-state index is 11.7. The Labute approximate surface area is 155 Å². The van der Waals surface area contributed by atoms with Gasteiger partial charge in [-0.3, -0.25) is 5.10 Å². The first-order valence-electron chi connectivity index (χ1n) is 8.26. The molecule has 6 nitrogen and oxygen atoms in total. The molecule has 0 bridgehead atoms. The van der Waals surface area contributed by atoms with E-state index in [1.807, 2.05) is 44.2 Å². The molecule has 3 aromatic rings. The number of benzene rings is 1. The molecule has 0 aliphatic carbocycles. The highest BCUT2D eigenvalue weighted by molar-refractivity contribution is 8.04. The van der Waals surface area contributed by atoms with E-state index in [1.165, 1.54) is 0 Å². The zero-order chi connectivity index (χ0) is 18.7. The van der Waals surface area contributed by atoms with Crippen LogP contribution in [0.25, 0.3) is 17.0 Å². The zero-order valence-electron chi connectivity index (χ0n) is 14.7. The summed E-state index contributed by atoms with van der Waals surface area (Å²) in [5, 5.41) is 19.9. The molecule has 0 aliphatic heterocycles. The fourth-order valence-electron chi connectivity index (χ4n) is 2.85. The normalized spacial score (nSPS) is 11.8. The molecule has 3 rings (SSSR count). The highest BCUT2D eigenvalue weighted by Gasteiger charge is 2.14. The van der Waals surface area contributed by atoms with Crippen molar-refractivity contribution in [3.8, 4) is 0 Å². The Hall–Kier alpha value is -2.80. The second-order valence-electron chi connectivity index (χ2n) is 5.73. The summed E-state index contributed by atoms with van der Waals surface area (Å²) in [6.07, 6.45) is 4.16. The van der Waals surface area contributed by atoms with Crippen LogP contribution in [0.1, 0.15) is 24.0 Å². The summed E-state index contributed by atoms with van der Waals surface area (Å²) in [6.45, 7) is 8.37. The zero-order valence-corrected chi connectivity index (χ0v) is 15.5. The molecule has 26 heavy (non-hydrogen) atoms. The second kappa shape index (κ2) is 7.61. The third-order valence-electron chi connectivity index (χ3n) is 4.12. The largest absolute Gasteiger partial charge is 0.544 e. The van der Waals surface area contributed by atoms with Gasteiger partial charge in [-0.15, -0.1) is 11.7 Å². The van der Waals surface area contributed by atoms with Gasteiger partial charge in [-0.05, 0) is 30.8 Å². The molecule has 0 unspecified atom stereocenters. The minimum Gasteiger partial charge on any atom is -0.544 e. The maximum Gasteiger partial charge on any atom is 0.213 e. The lowest BCUT2D eigenvalue weighted by atomic mass is 10.1. The molecule has 0 saturated heterocycles. The molecule has 0 amide bonds. The number of fused-ring (bicyclic) bond motifs is 1. The highest BCUT2D eigenvalue weighted by atomic mass is 32.2. The number of nitrogens with zero attached hydrogens (tertiary/aromatic N) is 3. The van der Waals surface area contributed by atoms with Crippen LogP contribution in [0.3, 0.4) is 0 Å². The van der Waals surface area contributed by atoms with Gasteiger partial charge in [-0.1, -0.05) is 31.2 Å². The summed E-state index contributed by atoms with van der Waals surface area (Å²) in [7, 11) is 0. The summed E-state index contributed by atoms with van der Waals surface area (Å²) >= 11 is 0.984. The standard InChI is InChI=1S/C19H20N4O2S/c1-4-10-23-12(3)14(13-8-6-7-9-15(13)23)11-16(18(24)25)26-19-20-17(5-2)21-22-19/h4,6-9,11H,1,5,10H2,2-3H3,(H,24,25)(H,20,21,22)/p-1/b16-11-. The number of carbonyl (C=O) groups excluding carboxylic acids is 1. The van der Waals surface area contributed by atoms with Crippen LogP contribution in [-0.2, 0) is 17.8 Å². The molecule has 0 atom stereocenters. The van der Waals surface area contributed by atoms with E-state index in [0.717, 1.165) is 33.9 Å².